The highest BCUT2D eigenvalue weighted by molar-refractivity contribution is 5.31. The van der Waals surface area contributed by atoms with Crippen molar-refractivity contribution in [2.24, 2.45) is 5.73 Å². The number of rotatable bonds is 6. The monoisotopic (exact) mass is 283 g/mol. The minimum Gasteiger partial charge on any atom is -0.484 e. The topological polar surface area (TPSA) is 35.2 Å². The normalized spacial score (nSPS) is 13.7. The summed E-state index contributed by atoms with van der Waals surface area (Å²) in [5.74, 6) is 1.46. The maximum atomic E-state index is 6.05. The van der Waals surface area contributed by atoms with Gasteiger partial charge < -0.3 is 10.5 Å². The Morgan fingerprint density at radius 3 is 2.33 bits per heavy atom. The van der Waals surface area contributed by atoms with E-state index in [9.17, 15) is 0 Å². The summed E-state index contributed by atoms with van der Waals surface area (Å²) in [4.78, 5) is 0. The van der Waals surface area contributed by atoms with E-state index in [4.69, 9.17) is 10.5 Å². The molecule has 0 radical (unpaired) electrons. The van der Waals surface area contributed by atoms with Crippen LogP contribution < -0.4 is 10.5 Å². The van der Waals surface area contributed by atoms with Crippen LogP contribution in [0, 0.1) is 6.92 Å². The molecule has 2 rings (SSSR count). The first-order valence-electron chi connectivity index (χ1n) is 7.67. The van der Waals surface area contributed by atoms with E-state index in [0.29, 0.717) is 12.5 Å². The molecule has 0 heterocycles. The van der Waals surface area contributed by atoms with Crippen molar-refractivity contribution in [2.45, 2.75) is 39.2 Å². The third kappa shape index (κ3) is 4.08. The van der Waals surface area contributed by atoms with Crippen LogP contribution >= 0.6 is 0 Å². The maximum Gasteiger partial charge on any atom is 0.136 e. The van der Waals surface area contributed by atoms with Crippen molar-refractivity contribution in [1.82, 2.24) is 0 Å². The maximum absolute atomic E-state index is 6.05. The predicted molar refractivity (Wildman–Crippen MR) is 88.8 cm³/mol. The molecule has 2 aromatic rings. The molecule has 2 N–H and O–H groups in total. The van der Waals surface area contributed by atoms with E-state index < -0.39 is 0 Å². The Labute approximate surface area is 127 Å². The molecule has 0 aliphatic rings. The van der Waals surface area contributed by atoms with Crippen LogP contribution in [0.1, 0.15) is 49.0 Å². The average Bonchev–Trinajstić information content (AvgIpc) is 2.52. The van der Waals surface area contributed by atoms with Crippen LogP contribution in [-0.4, -0.2) is 6.54 Å². The number of hydrogen-bond donors (Lipinski definition) is 1. The summed E-state index contributed by atoms with van der Waals surface area (Å²) in [7, 11) is 0. The van der Waals surface area contributed by atoms with Gasteiger partial charge in [0.25, 0.3) is 0 Å². The van der Waals surface area contributed by atoms with E-state index in [1.54, 1.807) is 0 Å². The molecule has 0 saturated heterocycles. The molecule has 0 fully saturated rings. The summed E-state index contributed by atoms with van der Waals surface area (Å²) in [6.45, 7) is 7.00. The Bertz CT molecular complexity index is 562. The van der Waals surface area contributed by atoms with Crippen LogP contribution in [0.5, 0.6) is 5.75 Å². The molecule has 0 saturated carbocycles. The van der Waals surface area contributed by atoms with Gasteiger partial charge in [-0.15, -0.1) is 0 Å². The van der Waals surface area contributed by atoms with Crippen molar-refractivity contribution in [3.63, 3.8) is 0 Å². The lowest BCUT2D eigenvalue weighted by Gasteiger charge is -2.19. The van der Waals surface area contributed by atoms with Crippen molar-refractivity contribution in [1.29, 1.82) is 0 Å². The lowest BCUT2D eigenvalue weighted by atomic mass is 9.99. The number of ether oxygens (including phenoxy) is 1. The fraction of sp³-hybridized carbons (Fsp3) is 0.368. The van der Waals surface area contributed by atoms with Gasteiger partial charge in [-0.25, -0.2) is 0 Å². The minimum atomic E-state index is -0.0978. The zero-order valence-corrected chi connectivity index (χ0v) is 13.2. The molecule has 21 heavy (non-hydrogen) atoms. The number of benzene rings is 2. The molecule has 0 amide bonds. The van der Waals surface area contributed by atoms with Crippen LogP contribution in [0.3, 0.4) is 0 Å². The van der Waals surface area contributed by atoms with Gasteiger partial charge in [0.2, 0.25) is 0 Å². The summed E-state index contributed by atoms with van der Waals surface area (Å²) in [6.07, 6.45) is 1.05. The predicted octanol–water partition coefficient (Wildman–Crippen LogP) is 4.59. The molecule has 0 bridgehead atoms. The summed E-state index contributed by atoms with van der Waals surface area (Å²) in [5, 5.41) is 0. The summed E-state index contributed by atoms with van der Waals surface area (Å²) in [6, 6.07) is 16.7. The summed E-state index contributed by atoms with van der Waals surface area (Å²) in [5.41, 5.74) is 9.58. The molecule has 2 nitrogen and oxygen atoms in total. The molecule has 2 aromatic carbocycles. The van der Waals surface area contributed by atoms with E-state index in [0.717, 1.165) is 17.7 Å². The summed E-state index contributed by atoms with van der Waals surface area (Å²) < 4.78 is 6.05. The molecule has 2 heteroatoms. The third-order valence-electron chi connectivity index (χ3n) is 3.97. The van der Waals surface area contributed by atoms with Crippen molar-refractivity contribution in [3.8, 4) is 5.75 Å². The highest BCUT2D eigenvalue weighted by Gasteiger charge is 2.12. The van der Waals surface area contributed by atoms with E-state index in [2.05, 4.69) is 51.1 Å². The Kier molecular flexibility index (Phi) is 5.40. The third-order valence-corrected chi connectivity index (χ3v) is 3.97. The van der Waals surface area contributed by atoms with Crippen molar-refractivity contribution in [2.75, 3.05) is 6.54 Å². The Morgan fingerprint density at radius 2 is 1.76 bits per heavy atom. The van der Waals surface area contributed by atoms with Crippen LogP contribution in [0.15, 0.2) is 48.5 Å². The number of aryl methyl sites for hydroxylation is 1. The van der Waals surface area contributed by atoms with Gasteiger partial charge in [-0.05, 0) is 42.5 Å². The zero-order chi connectivity index (χ0) is 15.2. The molecule has 0 aromatic heterocycles. The molecule has 2 unspecified atom stereocenters. The number of nitrogens with two attached hydrogens (primary N) is 1. The standard InChI is InChI=1S/C19H25NO/c1-4-15(3)16-8-10-18(11-9-16)21-19(13-20)17-7-5-6-14(2)12-17/h5-12,15,19H,4,13,20H2,1-3H3. The second-order valence-electron chi connectivity index (χ2n) is 5.63. The smallest absolute Gasteiger partial charge is 0.136 e. The van der Waals surface area contributed by atoms with Crippen molar-refractivity contribution >= 4 is 0 Å². The van der Waals surface area contributed by atoms with Gasteiger partial charge in [-0.1, -0.05) is 55.8 Å². The van der Waals surface area contributed by atoms with E-state index in [-0.39, 0.29) is 6.10 Å². The largest absolute Gasteiger partial charge is 0.484 e. The van der Waals surface area contributed by atoms with Crippen molar-refractivity contribution in [3.05, 3.63) is 65.2 Å². The Hall–Kier alpha value is -1.80. The minimum absolute atomic E-state index is 0.0978. The molecule has 112 valence electrons. The number of hydrogen-bond acceptors (Lipinski definition) is 2. The zero-order valence-electron chi connectivity index (χ0n) is 13.2. The highest BCUT2D eigenvalue weighted by atomic mass is 16.5. The van der Waals surface area contributed by atoms with E-state index >= 15 is 0 Å². The average molecular weight is 283 g/mol. The molecular weight excluding hydrogens is 258 g/mol. The Morgan fingerprint density at radius 1 is 1.05 bits per heavy atom. The summed E-state index contributed by atoms with van der Waals surface area (Å²) >= 11 is 0. The fourth-order valence-corrected chi connectivity index (χ4v) is 2.40. The molecule has 0 spiro atoms. The quantitative estimate of drug-likeness (QED) is 0.841. The van der Waals surface area contributed by atoms with Gasteiger partial charge in [0.1, 0.15) is 11.9 Å². The highest BCUT2D eigenvalue weighted by Crippen LogP contribution is 2.25. The van der Waals surface area contributed by atoms with Gasteiger partial charge in [-0.3, -0.25) is 0 Å². The molecule has 0 aliphatic carbocycles. The first-order valence-corrected chi connectivity index (χ1v) is 7.67. The van der Waals surface area contributed by atoms with Crippen LogP contribution in [0.4, 0.5) is 0 Å². The van der Waals surface area contributed by atoms with Gasteiger partial charge >= 0.3 is 0 Å². The van der Waals surface area contributed by atoms with E-state index in [1.165, 1.54) is 11.1 Å². The lowest BCUT2D eigenvalue weighted by molar-refractivity contribution is 0.214. The van der Waals surface area contributed by atoms with Gasteiger partial charge in [0, 0.05) is 6.54 Å². The fourth-order valence-electron chi connectivity index (χ4n) is 2.40. The molecule has 0 aliphatic heterocycles. The second kappa shape index (κ2) is 7.28. The van der Waals surface area contributed by atoms with E-state index in [1.807, 2.05) is 18.2 Å². The molecular formula is C19H25NO. The first-order chi connectivity index (χ1) is 10.1. The van der Waals surface area contributed by atoms with Gasteiger partial charge in [0.15, 0.2) is 0 Å². The Balaban J connectivity index is 2.12. The second-order valence-corrected chi connectivity index (χ2v) is 5.63. The van der Waals surface area contributed by atoms with Crippen LogP contribution in [-0.2, 0) is 0 Å². The SMILES string of the molecule is CCC(C)c1ccc(OC(CN)c2cccc(C)c2)cc1. The first kappa shape index (κ1) is 15.6. The molecule has 2 atom stereocenters. The van der Waals surface area contributed by atoms with Crippen molar-refractivity contribution < 1.29 is 4.74 Å². The van der Waals surface area contributed by atoms with Crippen LogP contribution in [0.2, 0.25) is 0 Å². The van der Waals surface area contributed by atoms with Gasteiger partial charge in [-0.2, -0.15) is 0 Å². The van der Waals surface area contributed by atoms with Crippen LogP contribution in [0.25, 0.3) is 0 Å². The lowest BCUT2D eigenvalue weighted by Crippen LogP contribution is -2.18. The van der Waals surface area contributed by atoms with Gasteiger partial charge in [0.05, 0.1) is 0 Å².